The molecule has 0 aliphatic heterocycles. The summed E-state index contributed by atoms with van der Waals surface area (Å²) >= 11 is 0. The molecule has 2 aliphatic carbocycles. The van der Waals surface area contributed by atoms with Crippen LogP contribution in [0.3, 0.4) is 0 Å². The van der Waals surface area contributed by atoms with Crippen LogP contribution in [0, 0.1) is 17.8 Å². The number of benzene rings is 1. The maximum atomic E-state index is 11.7. The first-order chi connectivity index (χ1) is 14.2. The van der Waals surface area contributed by atoms with Crippen molar-refractivity contribution in [2.24, 2.45) is 17.8 Å². The molecular weight excluding hydrogens is 356 g/mol. The fraction of sp³-hybridized carbons (Fsp3) is 0.667. The molecule has 2 nitrogen and oxygen atoms in total. The van der Waals surface area contributed by atoms with Gasteiger partial charge in [-0.05, 0) is 93.1 Å². The molecule has 0 bridgehead atoms. The Labute approximate surface area is 178 Å². The Morgan fingerprint density at radius 1 is 0.897 bits per heavy atom. The molecule has 0 unspecified atom stereocenters. The zero-order valence-corrected chi connectivity index (χ0v) is 18.6. The lowest BCUT2D eigenvalue weighted by Gasteiger charge is -2.28. The summed E-state index contributed by atoms with van der Waals surface area (Å²) in [6.07, 6.45) is 19.7. The van der Waals surface area contributed by atoms with E-state index in [0.29, 0.717) is 5.92 Å². The van der Waals surface area contributed by atoms with Crippen LogP contribution in [0.1, 0.15) is 94.6 Å². The van der Waals surface area contributed by atoms with E-state index in [-0.39, 0.29) is 11.9 Å². The van der Waals surface area contributed by atoms with Crippen molar-refractivity contribution in [1.82, 2.24) is 0 Å². The van der Waals surface area contributed by atoms with Crippen molar-refractivity contribution in [3.8, 4) is 0 Å². The average Bonchev–Trinajstić information content (AvgIpc) is 2.78. The lowest BCUT2D eigenvalue weighted by molar-refractivity contribution is -0.146. The molecular formula is C27H40O2. The minimum absolute atomic E-state index is 0.0141. The van der Waals surface area contributed by atoms with Gasteiger partial charge in [-0.25, -0.2) is 0 Å². The molecule has 0 saturated heterocycles. The fourth-order valence-electron chi connectivity index (χ4n) is 5.21. The van der Waals surface area contributed by atoms with Crippen molar-refractivity contribution in [2.75, 3.05) is 7.11 Å². The van der Waals surface area contributed by atoms with Crippen molar-refractivity contribution in [3.05, 3.63) is 47.5 Å². The van der Waals surface area contributed by atoms with Gasteiger partial charge in [-0.3, -0.25) is 4.79 Å². The number of hydrogen-bond donors (Lipinski definition) is 0. The van der Waals surface area contributed by atoms with Crippen LogP contribution in [0.2, 0.25) is 0 Å². The number of rotatable bonds is 8. The Bertz CT molecular complexity index is 629. The van der Waals surface area contributed by atoms with Gasteiger partial charge in [0, 0.05) is 0 Å². The smallest absolute Gasteiger partial charge is 0.308 e. The maximum Gasteiger partial charge on any atom is 0.308 e. The Kier molecular flexibility index (Phi) is 8.83. The van der Waals surface area contributed by atoms with Crippen LogP contribution in [0.5, 0.6) is 0 Å². The first-order valence-electron chi connectivity index (χ1n) is 12.0. The van der Waals surface area contributed by atoms with Crippen LogP contribution in [0.25, 0.3) is 0 Å². The van der Waals surface area contributed by atoms with Crippen LogP contribution >= 0.6 is 0 Å². The van der Waals surface area contributed by atoms with Gasteiger partial charge in [0.1, 0.15) is 0 Å². The number of unbranched alkanes of at least 4 members (excludes halogenated alkanes) is 2. The van der Waals surface area contributed by atoms with E-state index >= 15 is 0 Å². The highest BCUT2D eigenvalue weighted by atomic mass is 16.5. The molecule has 2 saturated carbocycles. The molecule has 0 N–H and O–H groups in total. The molecule has 0 aromatic heterocycles. The van der Waals surface area contributed by atoms with E-state index in [9.17, 15) is 4.79 Å². The van der Waals surface area contributed by atoms with E-state index in [1.165, 1.54) is 64.0 Å². The Morgan fingerprint density at radius 2 is 1.48 bits per heavy atom. The molecule has 0 heterocycles. The summed E-state index contributed by atoms with van der Waals surface area (Å²) in [5, 5.41) is 0. The van der Waals surface area contributed by atoms with Gasteiger partial charge in [0.25, 0.3) is 0 Å². The monoisotopic (exact) mass is 396 g/mol. The summed E-state index contributed by atoms with van der Waals surface area (Å²) < 4.78 is 4.90. The molecule has 1 aromatic rings. The van der Waals surface area contributed by atoms with Crippen molar-refractivity contribution >= 4 is 5.97 Å². The molecule has 1 aromatic carbocycles. The summed E-state index contributed by atoms with van der Waals surface area (Å²) in [7, 11) is 1.51. The third-order valence-electron chi connectivity index (χ3n) is 7.25. The van der Waals surface area contributed by atoms with E-state index in [2.05, 4.69) is 43.3 Å². The number of aryl methyl sites for hydroxylation is 1. The van der Waals surface area contributed by atoms with Crippen LogP contribution in [0.15, 0.2) is 36.4 Å². The summed E-state index contributed by atoms with van der Waals surface area (Å²) in [6.45, 7) is 2.27. The molecule has 2 heteroatoms. The first kappa shape index (κ1) is 22.1. The average molecular weight is 397 g/mol. The third kappa shape index (κ3) is 6.73. The predicted molar refractivity (Wildman–Crippen MR) is 121 cm³/mol. The Balaban J connectivity index is 1.39. The summed E-state index contributed by atoms with van der Waals surface area (Å²) in [4.78, 5) is 11.7. The van der Waals surface area contributed by atoms with Crippen molar-refractivity contribution in [3.63, 3.8) is 0 Å². The van der Waals surface area contributed by atoms with E-state index in [4.69, 9.17) is 4.74 Å². The second kappa shape index (κ2) is 11.6. The predicted octanol–water partition coefficient (Wildman–Crippen LogP) is 7.23. The van der Waals surface area contributed by atoms with E-state index in [1.54, 1.807) is 5.56 Å². The molecule has 3 rings (SSSR count). The minimum Gasteiger partial charge on any atom is -0.469 e. The van der Waals surface area contributed by atoms with E-state index < -0.39 is 0 Å². The number of carbonyl (C=O) groups excluding carboxylic acids is 1. The van der Waals surface area contributed by atoms with Crippen molar-refractivity contribution < 1.29 is 9.53 Å². The van der Waals surface area contributed by atoms with Gasteiger partial charge in [0.15, 0.2) is 0 Å². The van der Waals surface area contributed by atoms with Gasteiger partial charge in [-0.2, -0.15) is 0 Å². The van der Waals surface area contributed by atoms with Gasteiger partial charge in [0.05, 0.1) is 13.0 Å². The Morgan fingerprint density at radius 3 is 2.03 bits per heavy atom. The SMILES string of the molecule is CCCCCc1ccc(C2CCC(/C=C/C3CCC(C(=O)OC)CC3)CC2)cc1. The standard InChI is InChI=1S/C27H40O2/c1-3-4-5-6-21-9-15-24(16-10-21)25-17-11-22(12-18-25)7-8-23-13-19-26(20-14-23)27(28)29-2/h7-10,15-16,22-23,25-26H,3-6,11-14,17-20H2,1-2H3/b8-7+. The Hall–Kier alpha value is -1.57. The highest BCUT2D eigenvalue weighted by Gasteiger charge is 2.26. The molecule has 0 radical (unpaired) electrons. The number of methoxy groups -OCH3 is 1. The van der Waals surface area contributed by atoms with Crippen molar-refractivity contribution in [1.29, 1.82) is 0 Å². The molecule has 0 amide bonds. The zero-order valence-electron chi connectivity index (χ0n) is 18.6. The normalized spacial score (nSPS) is 27.8. The molecule has 2 fully saturated rings. The largest absolute Gasteiger partial charge is 0.469 e. The molecule has 2 aliphatic rings. The van der Waals surface area contributed by atoms with Crippen molar-refractivity contribution in [2.45, 2.75) is 89.9 Å². The molecule has 160 valence electrons. The van der Waals surface area contributed by atoms with Crippen LogP contribution in [-0.4, -0.2) is 13.1 Å². The summed E-state index contributed by atoms with van der Waals surface area (Å²) in [6, 6.07) is 9.51. The lowest BCUT2D eigenvalue weighted by atomic mass is 9.77. The number of ether oxygens (including phenoxy) is 1. The lowest BCUT2D eigenvalue weighted by Crippen LogP contribution is -2.22. The highest BCUT2D eigenvalue weighted by Crippen LogP contribution is 2.37. The maximum absolute atomic E-state index is 11.7. The minimum atomic E-state index is -0.0141. The quantitative estimate of drug-likeness (QED) is 0.263. The van der Waals surface area contributed by atoms with Gasteiger partial charge in [-0.15, -0.1) is 0 Å². The van der Waals surface area contributed by atoms with Gasteiger partial charge >= 0.3 is 5.97 Å². The number of carbonyl (C=O) groups is 1. The molecule has 29 heavy (non-hydrogen) atoms. The summed E-state index contributed by atoms with van der Waals surface area (Å²) in [5.41, 5.74) is 3.05. The second-order valence-corrected chi connectivity index (χ2v) is 9.33. The number of allylic oxidation sites excluding steroid dienone is 2. The summed E-state index contributed by atoms with van der Waals surface area (Å²) in [5.74, 6) is 2.28. The molecule has 0 spiro atoms. The van der Waals surface area contributed by atoms with Crippen LogP contribution in [0.4, 0.5) is 0 Å². The number of hydrogen-bond acceptors (Lipinski definition) is 2. The van der Waals surface area contributed by atoms with Gasteiger partial charge in [-0.1, -0.05) is 56.2 Å². The topological polar surface area (TPSA) is 26.3 Å². The fourth-order valence-corrected chi connectivity index (χ4v) is 5.21. The van der Waals surface area contributed by atoms with Crippen LogP contribution in [-0.2, 0) is 16.0 Å². The van der Waals surface area contributed by atoms with E-state index in [1.807, 2.05) is 0 Å². The van der Waals surface area contributed by atoms with Gasteiger partial charge < -0.3 is 4.74 Å². The number of esters is 1. The van der Waals surface area contributed by atoms with E-state index in [0.717, 1.165) is 37.5 Å². The second-order valence-electron chi connectivity index (χ2n) is 9.33. The zero-order chi connectivity index (χ0) is 20.5. The highest BCUT2D eigenvalue weighted by molar-refractivity contribution is 5.72. The van der Waals surface area contributed by atoms with Crippen LogP contribution < -0.4 is 0 Å². The van der Waals surface area contributed by atoms with Gasteiger partial charge in [0.2, 0.25) is 0 Å². The third-order valence-corrected chi connectivity index (χ3v) is 7.25. The molecule has 0 atom stereocenters. The first-order valence-corrected chi connectivity index (χ1v) is 12.0.